The van der Waals surface area contributed by atoms with E-state index in [0.29, 0.717) is 11.6 Å². The number of carboxylic acids is 1. The topological polar surface area (TPSA) is 41.2 Å². The first-order valence-electron chi connectivity index (χ1n) is 3.07. The fourth-order valence-electron chi connectivity index (χ4n) is 0.760. The van der Waals surface area contributed by atoms with Gasteiger partial charge in [-0.2, -0.15) is 4.57 Å². The molecule has 4 heteroatoms. The predicted molar refractivity (Wildman–Crippen MR) is 41.7 cm³/mol. The Bertz CT molecular complexity index is 280. The molecule has 0 atom stereocenters. The van der Waals surface area contributed by atoms with E-state index < -0.39 is 5.97 Å². The summed E-state index contributed by atoms with van der Waals surface area (Å²) in [5.41, 5.74) is 0. The van der Waals surface area contributed by atoms with Gasteiger partial charge in [0.1, 0.15) is 0 Å². The van der Waals surface area contributed by atoms with Gasteiger partial charge in [0, 0.05) is 0 Å². The van der Waals surface area contributed by atoms with Crippen LogP contribution in [-0.4, -0.2) is 11.1 Å². The molecule has 58 valence electrons. The number of aromatic carboxylic acids is 1. The molecule has 0 spiro atoms. The van der Waals surface area contributed by atoms with Crippen molar-refractivity contribution < 1.29 is 14.5 Å². The molecule has 0 amide bonds. The van der Waals surface area contributed by atoms with Crippen LogP contribution >= 0.6 is 11.3 Å². The van der Waals surface area contributed by atoms with Crippen molar-refractivity contribution in [1.82, 2.24) is 0 Å². The Hall–Kier alpha value is -1.16. The number of carbonyl (C=O) groups is 1. The molecule has 0 saturated heterocycles. The summed E-state index contributed by atoms with van der Waals surface area (Å²) in [6.07, 6.45) is 3.40. The number of aromatic nitrogens is 1. The highest BCUT2D eigenvalue weighted by Gasteiger charge is 2.18. The van der Waals surface area contributed by atoms with E-state index in [1.54, 1.807) is 22.2 Å². The van der Waals surface area contributed by atoms with Gasteiger partial charge in [-0.1, -0.05) is 17.9 Å². The van der Waals surface area contributed by atoms with Crippen LogP contribution in [0.2, 0.25) is 0 Å². The van der Waals surface area contributed by atoms with Crippen molar-refractivity contribution >= 4 is 17.3 Å². The van der Waals surface area contributed by atoms with Crippen molar-refractivity contribution in [2.75, 3.05) is 0 Å². The Morgan fingerprint density at radius 3 is 3.18 bits per heavy atom. The van der Waals surface area contributed by atoms with Crippen LogP contribution in [0.4, 0.5) is 0 Å². The maximum Gasteiger partial charge on any atom is 0.412 e. The van der Waals surface area contributed by atoms with E-state index in [0.717, 1.165) is 0 Å². The molecule has 0 fully saturated rings. The molecule has 1 rings (SSSR count). The second-order valence-corrected chi connectivity index (χ2v) is 2.85. The zero-order valence-corrected chi connectivity index (χ0v) is 6.67. The van der Waals surface area contributed by atoms with Crippen LogP contribution in [0.25, 0.3) is 0 Å². The first-order valence-corrected chi connectivity index (χ1v) is 3.95. The third-order valence-electron chi connectivity index (χ3n) is 1.19. The van der Waals surface area contributed by atoms with Crippen molar-refractivity contribution in [2.24, 2.45) is 0 Å². The van der Waals surface area contributed by atoms with Crippen LogP contribution in [0.15, 0.2) is 24.2 Å². The fraction of sp³-hybridized carbons (Fsp3) is 0.143. The van der Waals surface area contributed by atoms with Crippen molar-refractivity contribution in [3.8, 4) is 0 Å². The van der Waals surface area contributed by atoms with Crippen molar-refractivity contribution in [1.29, 1.82) is 0 Å². The Labute approximate surface area is 68.2 Å². The summed E-state index contributed by atoms with van der Waals surface area (Å²) >= 11 is 1.21. The molecule has 0 aliphatic rings. The van der Waals surface area contributed by atoms with E-state index in [9.17, 15) is 4.79 Å². The summed E-state index contributed by atoms with van der Waals surface area (Å²) in [6.45, 7) is 4.07. The number of rotatable bonds is 3. The van der Waals surface area contributed by atoms with Crippen molar-refractivity contribution in [3.63, 3.8) is 0 Å². The van der Waals surface area contributed by atoms with Crippen LogP contribution in [0.5, 0.6) is 0 Å². The van der Waals surface area contributed by atoms with E-state index in [2.05, 4.69) is 6.58 Å². The number of hydrogen-bond donors (Lipinski definition) is 1. The Morgan fingerprint density at radius 1 is 1.91 bits per heavy atom. The molecular weight excluding hydrogens is 162 g/mol. The lowest BCUT2D eigenvalue weighted by molar-refractivity contribution is -0.684. The van der Waals surface area contributed by atoms with Crippen LogP contribution in [0.3, 0.4) is 0 Å². The zero-order chi connectivity index (χ0) is 8.27. The molecule has 0 saturated carbocycles. The first kappa shape index (κ1) is 7.94. The highest BCUT2D eigenvalue weighted by atomic mass is 32.1. The van der Waals surface area contributed by atoms with Gasteiger partial charge in [0.25, 0.3) is 0 Å². The van der Waals surface area contributed by atoms with Crippen LogP contribution in [-0.2, 0) is 6.54 Å². The highest BCUT2D eigenvalue weighted by Crippen LogP contribution is 2.01. The van der Waals surface area contributed by atoms with Gasteiger partial charge >= 0.3 is 11.0 Å². The lowest BCUT2D eigenvalue weighted by Gasteiger charge is -1.86. The number of nitrogens with zero attached hydrogens (tertiary/aromatic N) is 1. The van der Waals surface area contributed by atoms with Gasteiger partial charge in [-0.15, -0.1) is 0 Å². The SMILES string of the molecule is C=CC[n+]1ccsc1C(=O)O. The van der Waals surface area contributed by atoms with Crippen molar-refractivity contribution in [2.45, 2.75) is 6.54 Å². The Balaban J connectivity index is 2.95. The average molecular weight is 170 g/mol. The predicted octanol–water partition coefficient (Wildman–Crippen LogP) is 0.920. The molecule has 3 nitrogen and oxygen atoms in total. The molecule has 0 radical (unpaired) electrons. The summed E-state index contributed by atoms with van der Waals surface area (Å²) in [4.78, 5) is 10.5. The smallest absolute Gasteiger partial charge is 0.412 e. The maximum atomic E-state index is 10.5. The number of hydrogen-bond acceptors (Lipinski definition) is 2. The third kappa shape index (κ3) is 1.65. The number of thiazole rings is 1. The van der Waals surface area contributed by atoms with Gasteiger partial charge in [0.2, 0.25) is 0 Å². The quantitative estimate of drug-likeness (QED) is 0.541. The van der Waals surface area contributed by atoms with E-state index >= 15 is 0 Å². The van der Waals surface area contributed by atoms with Gasteiger partial charge in [0.15, 0.2) is 12.7 Å². The summed E-state index contributed by atoms with van der Waals surface area (Å²) in [5.74, 6) is -0.887. The van der Waals surface area contributed by atoms with Crippen LogP contribution in [0, 0.1) is 0 Å². The minimum atomic E-state index is -0.887. The van der Waals surface area contributed by atoms with Crippen LogP contribution in [0.1, 0.15) is 9.80 Å². The number of allylic oxidation sites excluding steroid dienone is 1. The first-order chi connectivity index (χ1) is 5.25. The summed E-state index contributed by atoms with van der Waals surface area (Å²) in [6, 6.07) is 0. The van der Waals surface area contributed by atoms with Gasteiger partial charge in [-0.05, 0) is 6.08 Å². The largest absolute Gasteiger partial charge is 0.473 e. The summed E-state index contributed by atoms with van der Waals surface area (Å²) in [7, 11) is 0. The van der Waals surface area contributed by atoms with Crippen LogP contribution < -0.4 is 4.57 Å². The van der Waals surface area contributed by atoms with E-state index in [1.165, 1.54) is 11.3 Å². The molecule has 1 heterocycles. The summed E-state index contributed by atoms with van der Waals surface area (Å²) in [5, 5.41) is 10.7. The van der Waals surface area contributed by atoms with E-state index in [1.807, 2.05) is 0 Å². The molecule has 0 bridgehead atoms. The lowest BCUT2D eigenvalue weighted by Crippen LogP contribution is -2.36. The standard InChI is InChI=1S/C7H7NO2S/c1-2-3-8-4-5-11-6(8)7(9)10/h2,4-5H,1,3H2/p+1. The molecule has 11 heavy (non-hydrogen) atoms. The highest BCUT2D eigenvalue weighted by molar-refractivity contribution is 7.11. The van der Waals surface area contributed by atoms with Gasteiger partial charge in [-0.25, -0.2) is 4.79 Å². The van der Waals surface area contributed by atoms with E-state index in [4.69, 9.17) is 5.11 Å². The van der Waals surface area contributed by atoms with Gasteiger partial charge < -0.3 is 5.11 Å². The second-order valence-electron chi connectivity index (χ2n) is 1.95. The molecule has 1 aromatic rings. The molecule has 0 aliphatic carbocycles. The third-order valence-corrected chi connectivity index (χ3v) is 2.08. The fourth-order valence-corrected chi connectivity index (χ4v) is 1.47. The monoisotopic (exact) mass is 170 g/mol. The second kappa shape index (κ2) is 3.30. The molecule has 0 unspecified atom stereocenters. The summed E-state index contributed by atoms with van der Waals surface area (Å²) < 4.78 is 1.64. The van der Waals surface area contributed by atoms with E-state index in [-0.39, 0.29) is 0 Å². The zero-order valence-electron chi connectivity index (χ0n) is 5.86. The lowest BCUT2D eigenvalue weighted by atomic mass is 10.5. The average Bonchev–Trinajstić information content (AvgIpc) is 2.36. The minimum Gasteiger partial charge on any atom is -0.473 e. The van der Waals surface area contributed by atoms with Crippen molar-refractivity contribution in [3.05, 3.63) is 29.2 Å². The Morgan fingerprint density at radius 2 is 2.64 bits per heavy atom. The molecule has 0 aliphatic heterocycles. The minimum absolute atomic E-state index is 0.338. The van der Waals surface area contributed by atoms with Gasteiger partial charge in [0.05, 0.1) is 5.38 Å². The molecule has 0 aromatic carbocycles. The normalized spacial score (nSPS) is 9.45. The van der Waals surface area contributed by atoms with Gasteiger partial charge in [-0.3, -0.25) is 0 Å². The molecular formula is C7H8NO2S+. The number of carboxylic acid groups (broad SMARTS) is 1. The maximum absolute atomic E-state index is 10.5. The Kier molecular flexibility index (Phi) is 2.38. The molecule has 1 N–H and O–H groups in total. The molecule has 1 aromatic heterocycles.